The van der Waals surface area contributed by atoms with Gasteiger partial charge in [0.2, 0.25) is 0 Å². The molecule has 0 fully saturated rings. The van der Waals surface area contributed by atoms with Gasteiger partial charge >= 0.3 is 0 Å². The summed E-state index contributed by atoms with van der Waals surface area (Å²) in [5.74, 6) is -0.0435. The SMILES string of the molecule is O=C(Nc1nccs1)c1c(-n2cccc2)sc2c1CCCC2. The van der Waals surface area contributed by atoms with Gasteiger partial charge in [-0.05, 0) is 43.4 Å². The summed E-state index contributed by atoms with van der Waals surface area (Å²) in [5.41, 5.74) is 2.06. The van der Waals surface area contributed by atoms with E-state index in [1.807, 2.05) is 34.5 Å². The van der Waals surface area contributed by atoms with E-state index in [4.69, 9.17) is 0 Å². The van der Waals surface area contributed by atoms with Crippen LogP contribution in [0.4, 0.5) is 5.13 Å². The largest absolute Gasteiger partial charge is 0.315 e. The van der Waals surface area contributed by atoms with Gasteiger partial charge in [0.05, 0.1) is 5.56 Å². The highest BCUT2D eigenvalue weighted by Crippen LogP contribution is 2.37. The second-order valence-electron chi connectivity index (χ2n) is 5.27. The van der Waals surface area contributed by atoms with E-state index in [-0.39, 0.29) is 5.91 Å². The van der Waals surface area contributed by atoms with Crippen LogP contribution in [0, 0.1) is 0 Å². The van der Waals surface area contributed by atoms with E-state index >= 15 is 0 Å². The molecule has 3 aromatic rings. The number of hydrogen-bond donors (Lipinski definition) is 1. The number of rotatable bonds is 3. The molecule has 0 atom stereocenters. The fraction of sp³-hybridized carbons (Fsp3) is 0.250. The van der Waals surface area contributed by atoms with Crippen LogP contribution < -0.4 is 5.32 Å². The Kier molecular flexibility index (Phi) is 3.56. The second-order valence-corrected chi connectivity index (χ2v) is 7.25. The zero-order valence-corrected chi connectivity index (χ0v) is 13.5. The molecule has 0 spiro atoms. The van der Waals surface area contributed by atoms with Gasteiger partial charge in [0.15, 0.2) is 5.13 Å². The molecule has 3 aromatic heterocycles. The number of thiazole rings is 1. The number of aryl methyl sites for hydroxylation is 1. The van der Waals surface area contributed by atoms with E-state index < -0.39 is 0 Å². The first kappa shape index (κ1) is 13.7. The summed E-state index contributed by atoms with van der Waals surface area (Å²) in [6.45, 7) is 0. The molecule has 3 heterocycles. The summed E-state index contributed by atoms with van der Waals surface area (Å²) in [6.07, 6.45) is 10.1. The van der Waals surface area contributed by atoms with E-state index in [1.54, 1.807) is 17.5 Å². The third-order valence-electron chi connectivity index (χ3n) is 3.87. The van der Waals surface area contributed by atoms with Crippen LogP contribution in [0.2, 0.25) is 0 Å². The second kappa shape index (κ2) is 5.70. The molecule has 0 aliphatic heterocycles. The number of amides is 1. The molecule has 0 aromatic carbocycles. The number of carbonyl (C=O) groups excluding carboxylic acids is 1. The molecular formula is C16H15N3OS2. The summed E-state index contributed by atoms with van der Waals surface area (Å²) in [5, 5.41) is 6.48. The monoisotopic (exact) mass is 329 g/mol. The van der Waals surface area contributed by atoms with Gasteiger partial charge in [-0.1, -0.05) is 0 Å². The van der Waals surface area contributed by atoms with Crippen molar-refractivity contribution in [2.75, 3.05) is 5.32 Å². The standard InChI is InChI=1S/C16H15N3OS2/c20-14(18-16-17-7-10-21-16)13-11-5-1-2-6-12(11)22-15(13)19-8-3-4-9-19/h3-4,7-10H,1-2,5-6H2,(H,17,18,20). The fourth-order valence-electron chi connectivity index (χ4n) is 2.88. The smallest absolute Gasteiger partial charge is 0.260 e. The van der Waals surface area contributed by atoms with Crippen LogP contribution >= 0.6 is 22.7 Å². The fourth-order valence-corrected chi connectivity index (χ4v) is 4.76. The Hall–Kier alpha value is -1.92. The van der Waals surface area contributed by atoms with Gasteiger partial charge < -0.3 is 4.57 Å². The van der Waals surface area contributed by atoms with Gasteiger partial charge in [-0.3, -0.25) is 10.1 Å². The van der Waals surface area contributed by atoms with Gasteiger partial charge in [-0.25, -0.2) is 4.98 Å². The van der Waals surface area contributed by atoms with Gasteiger partial charge in [-0.2, -0.15) is 0 Å². The average molecular weight is 329 g/mol. The predicted octanol–water partition coefficient (Wildman–Crippen LogP) is 4.13. The molecule has 112 valence electrons. The molecule has 0 saturated carbocycles. The van der Waals surface area contributed by atoms with Crippen LogP contribution in [0.25, 0.3) is 5.00 Å². The molecule has 0 radical (unpaired) electrons. The van der Waals surface area contributed by atoms with E-state index in [2.05, 4.69) is 10.3 Å². The first-order chi connectivity index (χ1) is 10.8. The molecule has 1 aliphatic carbocycles. The number of thiophene rings is 1. The zero-order valence-electron chi connectivity index (χ0n) is 11.9. The van der Waals surface area contributed by atoms with E-state index in [0.29, 0.717) is 5.13 Å². The average Bonchev–Trinajstić information content (AvgIpc) is 3.26. The Labute approximate surface area is 136 Å². The topological polar surface area (TPSA) is 46.9 Å². The zero-order chi connectivity index (χ0) is 14.9. The molecule has 0 bridgehead atoms. The lowest BCUT2D eigenvalue weighted by Gasteiger charge is -2.12. The minimum Gasteiger partial charge on any atom is -0.315 e. The molecule has 4 rings (SSSR count). The number of hydrogen-bond acceptors (Lipinski definition) is 4. The Morgan fingerprint density at radius 3 is 2.82 bits per heavy atom. The molecule has 4 nitrogen and oxygen atoms in total. The van der Waals surface area contributed by atoms with Crippen molar-refractivity contribution in [1.29, 1.82) is 0 Å². The van der Waals surface area contributed by atoms with Gasteiger partial charge in [-0.15, -0.1) is 22.7 Å². The number of anilines is 1. The van der Waals surface area contributed by atoms with E-state index in [9.17, 15) is 4.79 Å². The van der Waals surface area contributed by atoms with E-state index in [0.717, 1.165) is 29.8 Å². The highest BCUT2D eigenvalue weighted by Gasteiger charge is 2.26. The van der Waals surface area contributed by atoms with Crippen molar-refractivity contribution in [3.63, 3.8) is 0 Å². The number of nitrogens with one attached hydrogen (secondary N) is 1. The third-order valence-corrected chi connectivity index (χ3v) is 5.87. The third kappa shape index (κ3) is 2.38. The van der Waals surface area contributed by atoms with Crippen molar-refractivity contribution >= 4 is 33.7 Å². The molecule has 1 amide bonds. The minimum absolute atomic E-state index is 0.0435. The first-order valence-corrected chi connectivity index (χ1v) is 9.01. The first-order valence-electron chi connectivity index (χ1n) is 7.31. The molecule has 22 heavy (non-hydrogen) atoms. The van der Waals surface area contributed by atoms with Crippen molar-refractivity contribution < 1.29 is 4.79 Å². The Bertz CT molecular complexity index is 788. The number of carbonyl (C=O) groups is 1. The summed E-state index contributed by atoms with van der Waals surface area (Å²) in [6, 6.07) is 3.97. The van der Waals surface area contributed by atoms with Gasteiger partial charge in [0.1, 0.15) is 5.00 Å². The number of fused-ring (bicyclic) bond motifs is 1. The molecule has 6 heteroatoms. The summed E-state index contributed by atoms with van der Waals surface area (Å²) in [4.78, 5) is 18.3. The predicted molar refractivity (Wildman–Crippen MR) is 90.4 cm³/mol. The summed E-state index contributed by atoms with van der Waals surface area (Å²) in [7, 11) is 0. The molecule has 0 saturated heterocycles. The molecule has 1 aliphatic rings. The maximum atomic E-state index is 12.8. The quantitative estimate of drug-likeness (QED) is 0.785. The van der Waals surface area contributed by atoms with Gasteiger partial charge in [0.25, 0.3) is 5.91 Å². The van der Waals surface area contributed by atoms with Crippen LogP contribution in [-0.4, -0.2) is 15.5 Å². The lowest BCUT2D eigenvalue weighted by atomic mass is 9.95. The van der Waals surface area contributed by atoms with Crippen molar-refractivity contribution in [3.05, 3.63) is 52.1 Å². The normalized spacial score (nSPS) is 13.8. The highest BCUT2D eigenvalue weighted by atomic mass is 32.1. The van der Waals surface area contributed by atoms with Gasteiger partial charge in [0, 0.05) is 28.8 Å². The molecule has 1 N–H and O–H groups in total. The maximum Gasteiger partial charge on any atom is 0.260 e. The van der Waals surface area contributed by atoms with Crippen molar-refractivity contribution in [1.82, 2.24) is 9.55 Å². The van der Waals surface area contributed by atoms with Crippen LogP contribution in [0.15, 0.2) is 36.1 Å². The Morgan fingerprint density at radius 2 is 2.05 bits per heavy atom. The van der Waals surface area contributed by atoms with Crippen LogP contribution in [-0.2, 0) is 12.8 Å². The van der Waals surface area contributed by atoms with Crippen LogP contribution in [0.3, 0.4) is 0 Å². The van der Waals surface area contributed by atoms with Crippen molar-refractivity contribution in [3.8, 4) is 5.00 Å². The highest BCUT2D eigenvalue weighted by molar-refractivity contribution is 7.15. The summed E-state index contributed by atoms with van der Waals surface area (Å²) < 4.78 is 2.04. The minimum atomic E-state index is -0.0435. The number of aromatic nitrogens is 2. The van der Waals surface area contributed by atoms with Crippen LogP contribution in [0.1, 0.15) is 33.6 Å². The molecule has 0 unspecified atom stereocenters. The number of nitrogens with zero attached hydrogens (tertiary/aromatic N) is 2. The Balaban J connectivity index is 1.79. The van der Waals surface area contributed by atoms with Crippen molar-refractivity contribution in [2.24, 2.45) is 0 Å². The maximum absolute atomic E-state index is 12.8. The lowest BCUT2D eigenvalue weighted by molar-refractivity contribution is 0.102. The van der Waals surface area contributed by atoms with Crippen molar-refractivity contribution in [2.45, 2.75) is 25.7 Å². The van der Waals surface area contributed by atoms with E-state index in [1.165, 1.54) is 28.2 Å². The summed E-state index contributed by atoms with van der Waals surface area (Å²) >= 11 is 3.19. The molecular weight excluding hydrogens is 314 g/mol. The Morgan fingerprint density at radius 1 is 1.23 bits per heavy atom. The lowest BCUT2D eigenvalue weighted by Crippen LogP contribution is -2.16. The van der Waals surface area contributed by atoms with Crippen LogP contribution in [0.5, 0.6) is 0 Å².